The average Bonchev–Trinajstić information content (AvgIpc) is 2.87. The summed E-state index contributed by atoms with van der Waals surface area (Å²) < 4.78 is 5.59. The number of carboxylic acid groups (broad SMARTS) is 1. The van der Waals surface area contributed by atoms with E-state index in [4.69, 9.17) is 9.84 Å². The van der Waals surface area contributed by atoms with E-state index >= 15 is 0 Å². The van der Waals surface area contributed by atoms with Gasteiger partial charge in [0.15, 0.2) is 6.10 Å². The highest BCUT2D eigenvalue weighted by molar-refractivity contribution is 5.72. The van der Waals surface area contributed by atoms with Crippen LogP contribution in [-0.4, -0.2) is 47.8 Å². The lowest BCUT2D eigenvalue weighted by Crippen LogP contribution is -2.40. The second-order valence-electron chi connectivity index (χ2n) is 6.18. The topological polar surface area (TPSA) is 49.8 Å². The van der Waals surface area contributed by atoms with Gasteiger partial charge in [-0.15, -0.1) is 0 Å². The minimum Gasteiger partial charge on any atom is -0.479 e. The molecule has 2 atom stereocenters. The zero-order valence-electron chi connectivity index (χ0n) is 12.2. The SMILES string of the molecule is CCC1CCC(N(C)CC2CCC(C(=O)O)O2)CC1. The molecule has 0 spiro atoms. The Kier molecular flexibility index (Phi) is 5.22. The second kappa shape index (κ2) is 6.71. The molecule has 1 saturated carbocycles. The summed E-state index contributed by atoms with van der Waals surface area (Å²) in [6.07, 6.45) is 7.63. The first-order valence-electron chi connectivity index (χ1n) is 7.68. The van der Waals surface area contributed by atoms with Crippen LogP contribution in [0.2, 0.25) is 0 Å². The molecule has 2 aliphatic rings. The minimum atomic E-state index is -0.811. The Morgan fingerprint density at radius 2 is 1.89 bits per heavy atom. The maximum Gasteiger partial charge on any atom is 0.332 e. The Bertz CT molecular complexity index is 300. The van der Waals surface area contributed by atoms with Crippen LogP contribution in [0, 0.1) is 5.92 Å². The third-order valence-corrected chi connectivity index (χ3v) is 4.89. The Hall–Kier alpha value is -0.610. The van der Waals surface area contributed by atoms with Gasteiger partial charge in [0.1, 0.15) is 0 Å². The molecule has 0 aromatic heterocycles. The van der Waals surface area contributed by atoms with Gasteiger partial charge in [-0.2, -0.15) is 0 Å². The number of carboxylic acids is 1. The minimum absolute atomic E-state index is 0.106. The molecular formula is C15H27NO3. The molecule has 1 heterocycles. The van der Waals surface area contributed by atoms with Crippen molar-refractivity contribution in [1.29, 1.82) is 0 Å². The molecule has 1 aliphatic heterocycles. The van der Waals surface area contributed by atoms with Gasteiger partial charge in [0.2, 0.25) is 0 Å². The number of carbonyl (C=O) groups is 1. The number of rotatable bonds is 5. The van der Waals surface area contributed by atoms with Gasteiger partial charge in [0, 0.05) is 12.6 Å². The molecule has 4 nitrogen and oxygen atoms in total. The van der Waals surface area contributed by atoms with Crippen molar-refractivity contribution in [2.45, 2.75) is 70.1 Å². The van der Waals surface area contributed by atoms with Crippen LogP contribution in [0.5, 0.6) is 0 Å². The first-order valence-corrected chi connectivity index (χ1v) is 7.68. The van der Waals surface area contributed by atoms with E-state index in [0.717, 1.165) is 18.9 Å². The van der Waals surface area contributed by atoms with E-state index in [1.54, 1.807) is 0 Å². The quantitative estimate of drug-likeness (QED) is 0.833. The maximum absolute atomic E-state index is 10.9. The Balaban J connectivity index is 1.73. The lowest BCUT2D eigenvalue weighted by atomic mass is 9.84. The number of aliphatic carboxylic acids is 1. The van der Waals surface area contributed by atoms with Gasteiger partial charge in [-0.25, -0.2) is 4.79 Å². The van der Waals surface area contributed by atoms with Crippen molar-refractivity contribution in [3.05, 3.63) is 0 Å². The fraction of sp³-hybridized carbons (Fsp3) is 0.933. The van der Waals surface area contributed by atoms with Crippen LogP contribution in [0.4, 0.5) is 0 Å². The number of hydrogen-bond donors (Lipinski definition) is 1. The number of ether oxygens (including phenoxy) is 1. The average molecular weight is 269 g/mol. The predicted molar refractivity (Wildman–Crippen MR) is 74.2 cm³/mol. The van der Waals surface area contributed by atoms with E-state index in [2.05, 4.69) is 18.9 Å². The van der Waals surface area contributed by atoms with Crippen LogP contribution in [0.25, 0.3) is 0 Å². The van der Waals surface area contributed by atoms with Crippen molar-refractivity contribution in [3.8, 4) is 0 Å². The van der Waals surface area contributed by atoms with Crippen LogP contribution >= 0.6 is 0 Å². The predicted octanol–water partition coefficient (Wildman–Crippen LogP) is 2.52. The van der Waals surface area contributed by atoms with Gasteiger partial charge < -0.3 is 14.7 Å². The molecule has 0 radical (unpaired) electrons. The second-order valence-corrected chi connectivity index (χ2v) is 6.18. The van der Waals surface area contributed by atoms with Gasteiger partial charge in [0.25, 0.3) is 0 Å². The van der Waals surface area contributed by atoms with Crippen molar-refractivity contribution in [2.75, 3.05) is 13.6 Å². The highest BCUT2D eigenvalue weighted by Gasteiger charge is 2.32. The number of nitrogens with zero attached hydrogens (tertiary/aromatic N) is 1. The standard InChI is InChI=1S/C15H27NO3/c1-3-11-4-6-12(7-5-11)16(2)10-13-8-9-14(19-13)15(17)18/h11-14H,3-10H2,1-2H3,(H,17,18). The zero-order chi connectivity index (χ0) is 13.8. The van der Waals surface area contributed by atoms with Crippen molar-refractivity contribution in [3.63, 3.8) is 0 Å². The Morgan fingerprint density at radius 1 is 1.21 bits per heavy atom. The lowest BCUT2D eigenvalue weighted by Gasteiger charge is -2.35. The highest BCUT2D eigenvalue weighted by atomic mass is 16.5. The summed E-state index contributed by atoms with van der Waals surface area (Å²) in [5.74, 6) is 0.109. The van der Waals surface area contributed by atoms with E-state index < -0.39 is 12.1 Å². The third-order valence-electron chi connectivity index (χ3n) is 4.89. The molecule has 1 aliphatic carbocycles. The zero-order valence-corrected chi connectivity index (χ0v) is 12.2. The van der Waals surface area contributed by atoms with Gasteiger partial charge in [-0.3, -0.25) is 0 Å². The van der Waals surface area contributed by atoms with Crippen LogP contribution in [0.15, 0.2) is 0 Å². The first kappa shape index (κ1) is 14.8. The van der Waals surface area contributed by atoms with Crippen molar-refractivity contribution in [2.24, 2.45) is 5.92 Å². The first-order chi connectivity index (χ1) is 9.10. The van der Waals surface area contributed by atoms with E-state index in [0.29, 0.717) is 12.5 Å². The molecule has 1 N–H and O–H groups in total. The lowest BCUT2D eigenvalue weighted by molar-refractivity contribution is -0.149. The smallest absolute Gasteiger partial charge is 0.332 e. The Morgan fingerprint density at radius 3 is 2.42 bits per heavy atom. The molecule has 2 unspecified atom stereocenters. The van der Waals surface area contributed by atoms with Gasteiger partial charge in [-0.05, 0) is 51.5 Å². The van der Waals surface area contributed by atoms with E-state index in [-0.39, 0.29) is 6.10 Å². The molecule has 0 aromatic carbocycles. The summed E-state index contributed by atoms with van der Waals surface area (Å²) in [6, 6.07) is 0.662. The summed E-state index contributed by atoms with van der Waals surface area (Å²) in [4.78, 5) is 13.3. The summed E-state index contributed by atoms with van der Waals surface area (Å²) in [5.41, 5.74) is 0. The molecule has 4 heteroatoms. The van der Waals surface area contributed by atoms with Crippen molar-refractivity contribution in [1.82, 2.24) is 4.90 Å². The largest absolute Gasteiger partial charge is 0.479 e. The fourth-order valence-electron chi connectivity index (χ4n) is 3.49. The number of hydrogen-bond acceptors (Lipinski definition) is 3. The van der Waals surface area contributed by atoms with Crippen molar-refractivity contribution < 1.29 is 14.6 Å². The van der Waals surface area contributed by atoms with Crippen LogP contribution in [0.3, 0.4) is 0 Å². The molecule has 110 valence electrons. The fourth-order valence-corrected chi connectivity index (χ4v) is 3.49. The van der Waals surface area contributed by atoms with Crippen LogP contribution in [-0.2, 0) is 9.53 Å². The highest BCUT2D eigenvalue weighted by Crippen LogP contribution is 2.30. The Labute approximate surface area is 116 Å². The van der Waals surface area contributed by atoms with E-state index in [1.807, 2.05) is 0 Å². The number of likely N-dealkylation sites (N-methyl/N-ethyl adjacent to an activating group) is 1. The van der Waals surface area contributed by atoms with Crippen molar-refractivity contribution >= 4 is 5.97 Å². The van der Waals surface area contributed by atoms with E-state index in [1.165, 1.54) is 32.1 Å². The van der Waals surface area contributed by atoms with Gasteiger partial charge in [0.05, 0.1) is 6.10 Å². The summed E-state index contributed by atoms with van der Waals surface area (Å²) in [6.45, 7) is 3.17. The maximum atomic E-state index is 10.9. The molecule has 2 rings (SSSR count). The monoisotopic (exact) mass is 269 g/mol. The van der Waals surface area contributed by atoms with Crippen LogP contribution < -0.4 is 0 Å². The van der Waals surface area contributed by atoms with Gasteiger partial charge >= 0.3 is 5.97 Å². The summed E-state index contributed by atoms with van der Waals surface area (Å²) >= 11 is 0. The third kappa shape index (κ3) is 3.93. The van der Waals surface area contributed by atoms with E-state index in [9.17, 15) is 4.79 Å². The van der Waals surface area contributed by atoms with Crippen LogP contribution in [0.1, 0.15) is 51.9 Å². The van der Waals surface area contributed by atoms with Gasteiger partial charge in [-0.1, -0.05) is 13.3 Å². The molecule has 19 heavy (non-hydrogen) atoms. The molecule has 2 fully saturated rings. The molecular weight excluding hydrogens is 242 g/mol. The molecule has 1 saturated heterocycles. The molecule has 0 bridgehead atoms. The molecule has 0 aromatic rings. The normalized spacial score (nSPS) is 35.7. The summed E-state index contributed by atoms with van der Waals surface area (Å²) in [7, 11) is 2.16. The molecule has 0 amide bonds. The summed E-state index contributed by atoms with van der Waals surface area (Å²) in [5, 5.41) is 8.93.